The molecule has 3 nitrogen and oxygen atoms in total. The lowest BCUT2D eigenvalue weighted by molar-refractivity contribution is -0.137. The van der Waals surface area contributed by atoms with Crippen LogP contribution in [-0.2, 0) is 9.53 Å². The molecule has 82 valence electrons. The van der Waals surface area contributed by atoms with Gasteiger partial charge in [-0.15, -0.1) is 0 Å². The van der Waals surface area contributed by atoms with E-state index in [9.17, 15) is 4.79 Å². The molecule has 0 spiro atoms. The fourth-order valence-electron chi connectivity index (χ4n) is 1.19. The van der Waals surface area contributed by atoms with Crippen molar-refractivity contribution in [3.05, 3.63) is 12.7 Å². The summed E-state index contributed by atoms with van der Waals surface area (Å²) in [6.45, 7) is 4.63. The second-order valence-electron chi connectivity index (χ2n) is 3.28. The van der Waals surface area contributed by atoms with Crippen LogP contribution in [0.3, 0.4) is 0 Å². The minimum absolute atomic E-state index is 0.326. The number of ether oxygens (including phenoxy) is 1. The van der Waals surface area contributed by atoms with Crippen LogP contribution in [0, 0.1) is 0 Å². The van der Waals surface area contributed by atoms with E-state index in [4.69, 9.17) is 10.5 Å². The summed E-state index contributed by atoms with van der Waals surface area (Å²) in [6, 6.07) is 0. The average molecular weight is 199 g/mol. The van der Waals surface area contributed by atoms with E-state index in [2.05, 4.69) is 6.58 Å². The van der Waals surface area contributed by atoms with Crippen molar-refractivity contribution in [3.8, 4) is 0 Å². The van der Waals surface area contributed by atoms with Gasteiger partial charge in [0.15, 0.2) is 0 Å². The van der Waals surface area contributed by atoms with E-state index in [1.807, 2.05) is 0 Å². The van der Waals surface area contributed by atoms with Crippen molar-refractivity contribution < 1.29 is 9.53 Å². The van der Waals surface area contributed by atoms with Crippen LogP contribution in [0.15, 0.2) is 12.7 Å². The summed E-state index contributed by atoms with van der Waals surface area (Å²) < 4.78 is 4.84. The lowest BCUT2D eigenvalue weighted by atomic mass is 10.1. The van der Waals surface area contributed by atoms with Gasteiger partial charge in [-0.25, -0.2) is 4.79 Å². The highest BCUT2D eigenvalue weighted by Gasteiger charge is 1.94. The third-order valence-corrected chi connectivity index (χ3v) is 2.01. The Hall–Kier alpha value is -0.830. The number of unbranched alkanes of at least 4 members (excludes halogenated alkanes) is 5. The summed E-state index contributed by atoms with van der Waals surface area (Å²) in [6.07, 6.45) is 8.02. The van der Waals surface area contributed by atoms with Gasteiger partial charge in [0.2, 0.25) is 0 Å². The monoisotopic (exact) mass is 199 g/mol. The zero-order chi connectivity index (χ0) is 10.6. The van der Waals surface area contributed by atoms with Gasteiger partial charge in [-0.3, -0.25) is 0 Å². The van der Waals surface area contributed by atoms with Gasteiger partial charge in [0, 0.05) is 6.08 Å². The molecule has 0 aliphatic heterocycles. The molecule has 0 fully saturated rings. The molecule has 0 saturated heterocycles. The van der Waals surface area contributed by atoms with Crippen molar-refractivity contribution in [2.75, 3.05) is 13.2 Å². The molecule has 0 unspecified atom stereocenters. The lowest BCUT2D eigenvalue weighted by Gasteiger charge is -2.01. The van der Waals surface area contributed by atoms with E-state index in [-0.39, 0.29) is 5.97 Å². The molecular weight excluding hydrogens is 178 g/mol. The Balaban J connectivity index is 2.99. The van der Waals surface area contributed by atoms with Crippen molar-refractivity contribution >= 4 is 5.97 Å². The van der Waals surface area contributed by atoms with E-state index in [1.54, 1.807) is 0 Å². The van der Waals surface area contributed by atoms with Crippen molar-refractivity contribution in [3.63, 3.8) is 0 Å². The Morgan fingerprint density at radius 3 is 2.29 bits per heavy atom. The maximum absolute atomic E-state index is 10.6. The molecule has 0 aliphatic carbocycles. The van der Waals surface area contributed by atoms with E-state index in [0.717, 1.165) is 25.8 Å². The largest absolute Gasteiger partial charge is 0.463 e. The highest BCUT2D eigenvalue weighted by atomic mass is 16.5. The van der Waals surface area contributed by atoms with Gasteiger partial charge in [0.25, 0.3) is 0 Å². The van der Waals surface area contributed by atoms with Crippen LogP contribution in [0.4, 0.5) is 0 Å². The summed E-state index contributed by atoms with van der Waals surface area (Å²) in [5, 5.41) is 0. The summed E-state index contributed by atoms with van der Waals surface area (Å²) in [5.41, 5.74) is 5.37. The van der Waals surface area contributed by atoms with Crippen LogP contribution in [0.25, 0.3) is 0 Å². The molecule has 0 saturated carbocycles. The first-order valence-corrected chi connectivity index (χ1v) is 5.30. The Bertz CT molecular complexity index is 157. The van der Waals surface area contributed by atoms with Crippen LogP contribution in [0.1, 0.15) is 38.5 Å². The number of carbonyl (C=O) groups is 1. The van der Waals surface area contributed by atoms with Crippen LogP contribution in [0.5, 0.6) is 0 Å². The number of nitrogens with two attached hydrogens (primary N) is 1. The maximum Gasteiger partial charge on any atom is 0.330 e. The SMILES string of the molecule is C=CC(=O)OCCCCCCCCN. The summed E-state index contributed by atoms with van der Waals surface area (Å²) in [4.78, 5) is 10.6. The zero-order valence-corrected chi connectivity index (χ0v) is 8.84. The van der Waals surface area contributed by atoms with Crippen molar-refractivity contribution in [1.29, 1.82) is 0 Å². The first kappa shape index (κ1) is 13.2. The van der Waals surface area contributed by atoms with Gasteiger partial charge in [-0.05, 0) is 19.4 Å². The molecule has 0 bridgehead atoms. The summed E-state index contributed by atoms with van der Waals surface area (Å²) >= 11 is 0. The molecule has 0 atom stereocenters. The molecule has 0 aliphatic rings. The molecule has 0 aromatic carbocycles. The number of carbonyl (C=O) groups excluding carboxylic acids is 1. The maximum atomic E-state index is 10.6. The second kappa shape index (κ2) is 10.3. The number of hydrogen-bond acceptors (Lipinski definition) is 3. The van der Waals surface area contributed by atoms with Crippen LogP contribution in [-0.4, -0.2) is 19.1 Å². The minimum atomic E-state index is -0.326. The van der Waals surface area contributed by atoms with Crippen molar-refractivity contribution in [2.45, 2.75) is 38.5 Å². The van der Waals surface area contributed by atoms with Gasteiger partial charge >= 0.3 is 5.97 Å². The molecular formula is C11H21NO2. The Kier molecular flexibility index (Phi) is 9.64. The standard InChI is InChI=1S/C11H21NO2/c1-2-11(13)14-10-8-6-4-3-5-7-9-12/h2H,1,3-10,12H2. The molecule has 0 radical (unpaired) electrons. The quantitative estimate of drug-likeness (QED) is 0.351. The lowest BCUT2D eigenvalue weighted by Crippen LogP contribution is -2.01. The predicted molar refractivity (Wildman–Crippen MR) is 57.9 cm³/mol. The van der Waals surface area contributed by atoms with Gasteiger partial charge in [-0.1, -0.05) is 32.3 Å². The highest BCUT2D eigenvalue weighted by Crippen LogP contribution is 2.04. The number of rotatable bonds is 9. The zero-order valence-electron chi connectivity index (χ0n) is 8.84. The average Bonchev–Trinajstić information content (AvgIpc) is 2.21. The van der Waals surface area contributed by atoms with Crippen LogP contribution in [0.2, 0.25) is 0 Å². The topological polar surface area (TPSA) is 52.3 Å². The predicted octanol–water partition coefficient (Wildman–Crippen LogP) is 2.01. The Morgan fingerprint density at radius 1 is 1.14 bits per heavy atom. The Labute approximate surface area is 86.3 Å². The van der Waals surface area contributed by atoms with Crippen molar-refractivity contribution in [1.82, 2.24) is 0 Å². The van der Waals surface area contributed by atoms with Crippen LogP contribution < -0.4 is 5.73 Å². The van der Waals surface area contributed by atoms with E-state index in [0.29, 0.717) is 6.61 Å². The molecule has 2 N–H and O–H groups in total. The van der Waals surface area contributed by atoms with Gasteiger partial charge in [0.05, 0.1) is 6.61 Å². The van der Waals surface area contributed by atoms with E-state index < -0.39 is 0 Å². The number of hydrogen-bond donors (Lipinski definition) is 1. The fourth-order valence-corrected chi connectivity index (χ4v) is 1.19. The van der Waals surface area contributed by atoms with E-state index in [1.165, 1.54) is 25.3 Å². The van der Waals surface area contributed by atoms with Gasteiger partial charge in [0.1, 0.15) is 0 Å². The second-order valence-corrected chi connectivity index (χ2v) is 3.28. The molecule has 0 heterocycles. The first-order chi connectivity index (χ1) is 6.81. The Morgan fingerprint density at radius 2 is 1.71 bits per heavy atom. The minimum Gasteiger partial charge on any atom is -0.463 e. The van der Waals surface area contributed by atoms with Gasteiger partial charge < -0.3 is 10.5 Å². The van der Waals surface area contributed by atoms with Crippen LogP contribution >= 0.6 is 0 Å². The summed E-state index contributed by atoms with van der Waals surface area (Å²) in [7, 11) is 0. The fraction of sp³-hybridized carbons (Fsp3) is 0.727. The molecule has 14 heavy (non-hydrogen) atoms. The number of esters is 1. The highest BCUT2D eigenvalue weighted by molar-refractivity contribution is 5.81. The van der Waals surface area contributed by atoms with E-state index >= 15 is 0 Å². The first-order valence-electron chi connectivity index (χ1n) is 5.30. The summed E-state index contributed by atoms with van der Waals surface area (Å²) in [5.74, 6) is -0.326. The normalized spacial score (nSPS) is 9.79. The van der Waals surface area contributed by atoms with Gasteiger partial charge in [-0.2, -0.15) is 0 Å². The third kappa shape index (κ3) is 9.26. The molecule has 0 rings (SSSR count). The molecule has 0 amide bonds. The molecule has 0 aromatic rings. The smallest absolute Gasteiger partial charge is 0.330 e. The third-order valence-electron chi connectivity index (χ3n) is 2.01. The molecule has 3 heteroatoms. The van der Waals surface area contributed by atoms with Crippen molar-refractivity contribution in [2.24, 2.45) is 5.73 Å². The molecule has 0 aromatic heterocycles.